The first-order chi connectivity index (χ1) is 14.7. The molecule has 8 nitrogen and oxygen atoms in total. The number of nitrogens with zero attached hydrogens (tertiary/aromatic N) is 3. The molecule has 1 amide bonds. The van der Waals surface area contributed by atoms with Gasteiger partial charge in [0.1, 0.15) is 17.2 Å². The average molecular weight is 409 g/mol. The van der Waals surface area contributed by atoms with Gasteiger partial charge in [0, 0.05) is 31.1 Å². The maximum atomic E-state index is 13.3. The van der Waals surface area contributed by atoms with Crippen LogP contribution in [-0.4, -0.2) is 40.8 Å². The van der Waals surface area contributed by atoms with Gasteiger partial charge in [0.2, 0.25) is 11.8 Å². The Morgan fingerprint density at radius 3 is 2.67 bits per heavy atom. The maximum Gasteiger partial charge on any atom is 0.349 e. The predicted octanol–water partition coefficient (Wildman–Crippen LogP) is 3.44. The van der Waals surface area contributed by atoms with Crippen LogP contribution in [-0.2, 0) is 4.74 Å². The van der Waals surface area contributed by atoms with Crippen molar-refractivity contribution in [1.29, 1.82) is 0 Å². The molecule has 30 heavy (non-hydrogen) atoms. The van der Waals surface area contributed by atoms with E-state index in [2.05, 4.69) is 10.2 Å². The van der Waals surface area contributed by atoms with Gasteiger partial charge >= 0.3 is 5.63 Å². The first-order valence-corrected chi connectivity index (χ1v) is 10.5. The Balaban J connectivity index is 1.44. The number of piperidine rings is 1. The fourth-order valence-corrected chi connectivity index (χ4v) is 4.29. The second-order valence-electron chi connectivity index (χ2n) is 7.86. The third-order valence-electron chi connectivity index (χ3n) is 5.95. The lowest BCUT2D eigenvalue weighted by Gasteiger charge is -2.33. The normalized spacial score (nSPS) is 20.5. The molecule has 0 spiro atoms. The first-order valence-electron chi connectivity index (χ1n) is 10.5. The Hall–Kier alpha value is -3.00. The number of aromatic nitrogens is 2. The quantitative estimate of drug-likeness (QED) is 0.611. The molecule has 2 saturated heterocycles. The number of hydrogen-bond donors (Lipinski definition) is 0. The smallest absolute Gasteiger partial charge is 0.349 e. The monoisotopic (exact) mass is 409 g/mol. The summed E-state index contributed by atoms with van der Waals surface area (Å²) < 4.78 is 16.8. The zero-order chi connectivity index (χ0) is 20.5. The van der Waals surface area contributed by atoms with Crippen LogP contribution in [0.25, 0.3) is 11.0 Å². The third kappa shape index (κ3) is 3.52. The Labute approximate surface area is 172 Å². The van der Waals surface area contributed by atoms with Gasteiger partial charge in [-0.2, -0.15) is 0 Å². The van der Waals surface area contributed by atoms with Crippen LogP contribution in [0.2, 0.25) is 0 Å². The molecule has 2 aromatic heterocycles. The van der Waals surface area contributed by atoms with E-state index in [4.69, 9.17) is 13.6 Å². The van der Waals surface area contributed by atoms with Crippen LogP contribution < -0.4 is 5.63 Å². The van der Waals surface area contributed by atoms with Crippen LogP contribution in [0.15, 0.2) is 44.0 Å². The largest absolute Gasteiger partial charge is 0.423 e. The molecule has 0 saturated carbocycles. The van der Waals surface area contributed by atoms with Crippen molar-refractivity contribution < 1.29 is 18.4 Å². The Kier molecular flexibility index (Phi) is 5.08. The van der Waals surface area contributed by atoms with Gasteiger partial charge in [-0.15, -0.1) is 10.2 Å². The minimum absolute atomic E-state index is 0.0322. The van der Waals surface area contributed by atoms with Crippen LogP contribution in [0.4, 0.5) is 0 Å². The summed E-state index contributed by atoms with van der Waals surface area (Å²) in [4.78, 5) is 27.5. The standard InChI is InChI=1S/C22H23N3O5/c26-21(16-13-15-5-1-2-7-18(15)29-22(16)27)25-10-4-3-6-17(25)20-24-23-19(30-20)14-8-11-28-12-9-14/h1-2,5,7,13-14,17H,3-4,6,8-12H2. The molecule has 8 heteroatoms. The number of amides is 1. The van der Waals surface area contributed by atoms with E-state index in [0.29, 0.717) is 42.5 Å². The van der Waals surface area contributed by atoms with Crippen molar-refractivity contribution in [1.82, 2.24) is 15.1 Å². The first kappa shape index (κ1) is 19.0. The van der Waals surface area contributed by atoms with Crippen LogP contribution in [0, 0.1) is 0 Å². The van der Waals surface area contributed by atoms with Crippen LogP contribution in [0.1, 0.15) is 66.2 Å². The van der Waals surface area contributed by atoms with Gasteiger partial charge in [0.25, 0.3) is 5.91 Å². The summed E-state index contributed by atoms with van der Waals surface area (Å²) >= 11 is 0. The van der Waals surface area contributed by atoms with Crippen molar-refractivity contribution in [3.8, 4) is 0 Å². The van der Waals surface area contributed by atoms with Crippen LogP contribution >= 0.6 is 0 Å². The number of benzene rings is 1. The molecule has 3 aromatic rings. The number of ether oxygens (including phenoxy) is 1. The summed E-state index contributed by atoms with van der Waals surface area (Å²) in [7, 11) is 0. The van der Waals surface area contributed by atoms with Gasteiger partial charge in [-0.3, -0.25) is 4.79 Å². The number of para-hydroxylation sites is 1. The Morgan fingerprint density at radius 1 is 1.00 bits per heavy atom. The topological polar surface area (TPSA) is 98.7 Å². The highest BCUT2D eigenvalue weighted by molar-refractivity contribution is 5.96. The minimum Gasteiger partial charge on any atom is -0.423 e. The van der Waals surface area contributed by atoms with E-state index < -0.39 is 5.63 Å². The van der Waals surface area contributed by atoms with Crippen molar-refractivity contribution >= 4 is 16.9 Å². The van der Waals surface area contributed by atoms with E-state index in [1.807, 2.05) is 12.1 Å². The van der Waals surface area contributed by atoms with Gasteiger partial charge < -0.3 is 18.5 Å². The number of carbonyl (C=O) groups excluding carboxylic acids is 1. The highest BCUT2D eigenvalue weighted by atomic mass is 16.5. The number of rotatable bonds is 3. The van der Waals surface area contributed by atoms with E-state index in [1.165, 1.54) is 0 Å². The van der Waals surface area contributed by atoms with Gasteiger partial charge in [-0.1, -0.05) is 18.2 Å². The molecule has 2 fully saturated rings. The van der Waals surface area contributed by atoms with Crippen molar-refractivity contribution in [2.75, 3.05) is 19.8 Å². The molecule has 0 bridgehead atoms. The fourth-order valence-electron chi connectivity index (χ4n) is 4.29. The van der Waals surface area contributed by atoms with E-state index in [-0.39, 0.29) is 23.4 Å². The molecular formula is C22H23N3O5. The van der Waals surface area contributed by atoms with Crippen molar-refractivity contribution in [2.45, 2.75) is 44.1 Å². The lowest BCUT2D eigenvalue weighted by molar-refractivity contribution is 0.0557. The molecule has 1 aromatic carbocycles. The predicted molar refractivity (Wildman–Crippen MR) is 107 cm³/mol. The van der Waals surface area contributed by atoms with Crippen molar-refractivity contribution in [2.24, 2.45) is 0 Å². The van der Waals surface area contributed by atoms with Gasteiger partial charge in [0.05, 0.1) is 0 Å². The summed E-state index contributed by atoms with van der Waals surface area (Å²) in [5, 5.41) is 9.23. The number of fused-ring (bicyclic) bond motifs is 1. The maximum absolute atomic E-state index is 13.3. The highest BCUT2D eigenvalue weighted by Crippen LogP contribution is 2.33. The van der Waals surface area contributed by atoms with Gasteiger partial charge in [-0.25, -0.2) is 4.79 Å². The van der Waals surface area contributed by atoms with Crippen LogP contribution in [0.5, 0.6) is 0 Å². The lowest BCUT2D eigenvalue weighted by atomic mass is 10.00. The van der Waals surface area contributed by atoms with E-state index in [9.17, 15) is 9.59 Å². The van der Waals surface area contributed by atoms with Crippen molar-refractivity contribution in [3.63, 3.8) is 0 Å². The molecule has 2 aliphatic heterocycles. The van der Waals surface area contributed by atoms with Crippen molar-refractivity contribution in [3.05, 3.63) is 58.1 Å². The average Bonchev–Trinajstić information content (AvgIpc) is 3.29. The SMILES string of the molecule is O=C(c1cc2ccccc2oc1=O)N1CCCCC1c1nnc(C2CCOCC2)o1. The molecule has 2 aliphatic rings. The zero-order valence-corrected chi connectivity index (χ0v) is 16.6. The molecule has 0 radical (unpaired) electrons. The van der Waals surface area contributed by atoms with E-state index >= 15 is 0 Å². The molecule has 4 heterocycles. The Bertz CT molecular complexity index is 1120. The number of likely N-dealkylation sites (tertiary alicyclic amines) is 1. The summed E-state index contributed by atoms with van der Waals surface area (Å²) in [5.74, 6) is 0.886. The second kappa shape index (κ2) is 8.02. The van der Waals surface area contributed by atoms with E-state index in [0.717, 1.165) is 32.1 Å². The third-order valence-corrected chi connectivity index (χ3v) is 5.95. The summed E-state index contributed by atoms with van der Waals surface area (Å²) in [6.45, 7) is 1.91. The molecule has 0 aliphatic carbocycles. The van der Waals surface area contributed by atoms with Crippen LogP contribution in [0.3, 0.4) is 0 Å². The Morgan fingerprint density at radius 2 is 1.80 bits per heavy atom. The van der Waals surface area contributed by atoms with E-state index in [1.54, 1.807) is 23.1 Å². The number of hydrogen-bond acceptors (Lipinski definition) is 7. The highest BCUT2D eigenvalue weighted by Gasteiger charge is 2.34. The summed E-state index contributed by atoms with van der Waals surface area (Å²) in [6, 6.07) is 8.44. The number of carbonyl (C=O) groups is 1. The van der Waals surface area contributed by atoms with Gasteiger partial charge in [-0.05, 0) is 44.2 Å². The molecule has 5 rings (SSSR count). The molecule has 1 unspecified atom stereocenters. The molecule has 0 N–H and O–H groups in total. The molecule has 1 atom stereocenters. The minimum atomic E-state index is -0.628. The molecule has 156 valence electrons. The molecular weight excluding hydrogens is 386 g/mol. The summed E-state index contributed by atoms with van der Waals surface area (Å²) in [6.07, 6.45) is 4.25. The second-order valence-corrected chi connectivity index (χ2v) is 7.86. The van der Waals surface area contributed by atoms with Gasteiger partial charge in [0.15, 0.2) is 0 Å². The fraction of sp³-hybridized carbons (Fsp3) is 0.455. The lowest BCUT2D eigenvalue weighted by Crippen LogP contribution is -2.40. The zero-order valence-electron chi connectivity index (χ0n) is 16.6. The summed E-state index contributed by atoms with van der Waals surface area (Å²) in [5.41, 5.74) is -0.131.